The lowest BCUT2D eigenvalue weighted by Gasteiger charge is -2.35. The van der Waals surface area contributed by atoms with E-state index in [-0.39, 0.29) is 55.4 Å². The summed E-state index contributed by atoms with van der Waals surface area (Å²) in [6.07, 6.45) is 5.87. The molecule has 17 nitrogen and oxygen atoms in total. The number of ketones is 1. The van der Waals surface area contributed by atoms with Gasteiger partial charge in [-0.2, -0.15) is 0 Å². The van der Waals surface area contributed by atoms with Crippen molar-refractivity contribution in [2.24, 2.45) is 5.41 Å². The van der Waals surface area contributed by atoms with Crippen molar-refractivity contribution in [3.8, 4) is 21.7 Å². The van der Waals surface area contributed by atoms with Gasteiger partial charge in [0.2, 0.25) is 23.6 Å². The lowest BCUT2D eigenvalue weighted by molar-refractivity contribution is -0.144. The van der Waals surface area contributed by atoms with E-state index in [1.807, 2.05) is 111 Å². The van der Waals surface area contributed by atoms with E-state index in [2.05, 4.69) is 49.5 Å². The van der Waals surface area contributed by atoms with Crippen molar-refractivity contribution in [1.29, 1.82) is 0 Å². The van der Waals surface area contributed by atoms with Crippen molar-refractivity contribution < 1.29 is 38.6 Å². The molecule has 0 spiro atoms. The average Bonchev–Trinajstić information content (AvgIpc) is 4.08. The maximum Gasteiger partial charge on any atom is 0.248 e. The third kappa shape index (κ3) is 16.5. The second-order valence-corrected chi connectivity index (χ2v) is 21.7. The molecule has 8 rings (SSSR count). The van der Waals surface area contributed by atoms with Gasteiger partial charge in [0.1, 0.15) is 24.5 Å². The molecule has 18 heteroatoms. The van der Waals surface area contributed by atoms with Gasteiger partial charge >= 0.3 is 0 Å². The summed E-state index contributed by atoms with van der Waals surface area (Å²) in [6, 6.07) is 26.2. The molecule has 2 aliphatic heterocycles. The number of aromatic nitrogens is 4. The van der Waals surface area contributed by atoms with Crippen molar-refractivity contribution in [3.63, 3.8) is 0 Å². The molecule has 3 aromatic heterocycles. The van der Waals surface area contributed by atoms with Crippen LogP contribution in [0.25, 0.3) is 21.7 Å². The molecule has 4 amide bonds. The molecule has 3 aromatic carbocycles. The van der Waals surface area contributed by atoms with Gasteiger partial charge in [-0.15, -0.1) is 11.3 Å². The number of aliphatic hydroxyl groups is 1. The number of ether oxygens (including phenoxy) is 2. The topological polar surface area (TPSA) is 209 Å². The number of benzene rings is 3. The first-order chi connectivity index (χ1) is 37.5. The molecule has 0 unspecified atom stereocenters. The van der Waals surface area contributed by atoms with E-state index in [9.17, 15) is 29.1 Å². The van der Waals surface area contributed by atoms with Crippen molar-refractivity contribution in [1.82, 2.24) is 45.3 Å². The van der Waals surface area contributed by atoms with E-state index in [1.54, 1.807) is 44.0 Å². The number of thiazole rings is 1. The zero-order valence-corrected chi connectivity index (χ0v) is 46.7. The summed E-state index contributed by atoms with van der Waals surface area (Å²) in [6.45, 7) is 16.5. The SMILES string of the molecule is CCC(=O)N[C@H](C(=O)N1C[C@H](O)C[C@H]1C(=O)NCc1ccc(-c2scnc2C)cc1)C(C)(C)C.COCCOCC(=O)N1CCN(Cc2ccc(C(=O)Cc3ccc(C)c(Cc4nccc(-c5cccnc5)n4)c3)cc2)CC1. The highest BCUT2D eigenvalue weighted by Gasteiger charge is 2.44. The summed E-state index contributed by atoms with van der Waals surface area (Å²) >= 11 is 1.59. The van der Waals surface area contributed by atoms with Gasteiger partial charge in [-0.1, -0.05) is 94.4 Å². The van der Waals surface area contributed by atoms with Gasteiger partial charge in [0.05, 0.1) is 41.1 Å². The second kappa shape index (κ2) is 28.0. The summed E-state index contributed by atoms with van der Waals surface area (Å²) in [5, 5.41) is 15.9. The molecule has 6 aromatic rings. The molecule has 0 radical (unpaired) electrons. The number of carbonyl (C=O) groups is 5. The highest BCUT2D eigenvalue weighted by atomic mass is 32.1. The molecular weight excluding hydrogens is 1010 g/mol. The molecule has 3 atom stereocenters. The third-order valence-electron chi connectivity index (χ3n) is 13.9. The number of rotatable bonds is 20. The highest BCUT2D eigenvalue weighted by molar-refractivity contribution is 7.13. The van der Waals surface area contributed by atoms with Crippen LogP contribution in [0.15, 0.2) is 109 Å². The van der Waals surface area contributed by atoms with Crippen LogP contribution in [0.4, 0.5) is 0 Å². The Kier molecular flexibility index (Phi) is 21.0. The lowest BCUT2D eigenvalue weighted by Crippen LogP contribution is -2.57. The summed E-state index contributed by atoms with van der Waals surface area (Å²) in [5.41, 5.74) is 11.1. The predicted molar refractivity (Wildman–Crippen MR) is 300 cm³/mol. The number of aliphatic hydroxyl groups excluding tert-OH is 1. The zero-order valence-electron chi connectivity index (χ0n) is 45.9. The molecule has 5 heterocycles. The zero-order chi connectivity index (χ0) is 55.8. The largest absolute Gasteiger partial charge is 0.391 e. The van der Waals surface area contributed by atoms with E-state index >= 15 is 0 Å². The molecular formula is C60H73N9O8S. The van der Waals surface area contributed by atoms with Gasteiger partial charge in [0, 0.05) is 108 Å². The molecule has 3 N–H and O–H groups in total. The minimum atomic E-state index is -0.789. The van der Waals surface area contributed by atoms with E-state index in [0.29, 0.717) is 51.3 Å². The van der Waals surface area contributed by atoms with E-state index < -0.39 is 23.6 Å². The predicted octanol–water partition coefficient (Wildman–Crippen LogP) is 6.81. The van der Waals surface area contributed by atoms with Crippen LogP contribution in [-0.4, -0.2) is 147 Å². The smallest absolute Gasteiger partial charge is 0.248 e. The summed E-state index contributed by atoms with van der Waals surface area (Å²) in [4.78, 5) is 88.4. The molecule has 2 aliphatic rings. The van der Waals surface area contributed by atoms with E-state index in [0.717, 1.165) is 80.7 Å². The molecule has 78 heavy (non-hydrogen) atoms. The fourth-order valence-corrected chi connectivity index (χ4v) is 10.1. The van der Waals surface area contributed by atoms with E-state index in [4.69, 9.17) is 14.5 Å². The van der Waals surface area contributed by atoms with Crippen LogP contribution in [0.3, 0.4) is 0 Å². The Balaban J connectivity index is 0.000000234. The number of Topliss-reactive ketones (excluding diaryl/α,β-unsaturated/α-hetero) is 1. The number of piperazine rings is 1. The Hall–Kier alpha value is -7.09. The molecule has 0 aliphatic carbocycles. The van der Waals surface area contributed by atoms with Crippen LogP contribution in [0.2, 0.25) is 0 Å². The number of methoxy groups -OCH3 is 1. The van der Waals surface area contributed by atoms with Crippen LogP contribution in [-0.2, 0) is 54.6 Å². The second-order valence-electron chi connectivity index (χ2n) is 20.8. The molecule has 0 bridgehead atoms. The van der Waals surface area contributed by atoms with Crippen LogP contribution in [0, 0.1) is 19.3 Å². The number of carbonyl (C=O) groups excluding carboxylic acids is 5. The quantitative estimate of drug-likeness (QED) is 0.0531. The standard InChI is InChI=1S/C35H39N5O4.C25H34N4O4S/c1-26-5-6-28(20-31(26)22-34-37-13-11-32(38-34)30-4-3-12-36-23-30)21-33(41)29-9-7-27(8-10-29)24-39-14-16-40(17-15-39)35(42)25-44-19-18-43-2;1-6-20(31)28-22(25(3,4)5)24(33)29-13-18(30)11-19(29)23(32)26-12-16-7-9-17(10-8-16)21-15(2)27-14-34-21/h3-13,20,23H,14-19,21-22,24-25H2,1-2H3;7-10,14,18-19,22,30H,6,11-13H2,1-5H3,(H,26,32)(H,28,31)/t;18-,19+,22-/m.1/s1. The van der Waals surface area contributed by atoms with Gasteiger partial charge in [0.15, 0.2) is 5.78 Å². The van der Waals surface area contributed by atoms with Crippen LogP contribution < -0.4 is 10.6 Å². The van der Waals surface area contributed by atoms with Crippen molar-refractivity contribution in [2.75, 3.05) is 59.7 Å². The molecule has 0 saturated carbocycles. The van der Waals surface area contributed by atoms with Crippen molar-refractivity contribution in [3.05, 3.63) is 154 Å². The van der Waals surface area contributed by atoms with Crippen LogP contribution in [0.1, 0.15) is 90.2 Å². The minimum absolute atomic E-state index is 0.0210. The number of hydrogen-bond donors (Lipinski definition) is 3. The monoisotopic (exact) mass is 1080 g/mol. The van der Waals surface area contributed by atoms with Gasteiger partial charge in [-0.05, 0) is 70.8 Å². The average molecular weight is 1080 g/mol. The summed E-state index contributed by atoms with van der Waals surface area (Å²) < 4.78 is 10.3. The maximum absolute atomic E-state index is 13.4. The highest BCUT2D eigenvalue weighted by Crippen LogP contribution is 2.29. The number of nitrogens with one attached hydrogen (secondary N) is 2. The van der Waals surface area contributed by atoms with Crippen LogP contribution in [0.5, 0.6) is 0 Å². The number of hydrogen-bond acceptors (Lipinski definition) is 14. The summed E-state index contributed by atoms with van der Waals surface area (Å²) in [5.74, 6) is -0.0646. The Morgan fingerprint density at radius 2 is 1.59 bits per heavy atom. The number of aryl methyl sites for hydroxylation is 2. The lowest BCUT2D eigenvalue weighted by atomic mass is 9.85. The van der Waals surface area contributed by atoms with Gasteiger partial charge in [-0.3, -0.25) is 33.9 Å². The third-order valence-corrected chi connectivity index (χ3v) is 14.9. The van der Waals surface area contributed by atoms with Crippen molar-refractivity contribution >= 4 is 40.7 Å². The first-order valence-electron chi connectivity index (χ1n) is 26.5. The number of pyridine rings is 1. The Bertz CT molecular complexity index is 2960. The first kappa shape index (κ1) is 58.6. The van der Waals surface area contributed by atoms with Gasteiger partial charge < -0.3 is 35.0 Å². The molecule has 2 fully saturated rings. The van der Waals surface area contributed by atoms with E-state index in [1.165, 1.54) is 4.90 Å². The number of β-amino-alcohol motifs (C(OH)–C–C–N with tert-alkyl or cyclic N) is 1. The maximum atomic E-state index is 13.4. The number of likely N-dealkylation sites (tertiary alicyclic amines) is 1. The molecule has 412 valence electrons. The minimum Gasteiger partial charge on any atom is -0.391 e. The molecule has 2 saturated heterocycles. The number of nitrogens with zero attached hydrogens (tertiary/aromatic N) is 7. The fourth-order valence-electron chi connectivity index (χ4n) is 9.29. The Labute approximate surface area is 461 Å². The van der Waals surface area contributed by atoms with Gasteiger partial charge in [-0.25, -0.2) is 15.0 Å². The van der Waals surface area contributed by atoms with Crippen LogP contribution >= 0.6 is 11.3 Å². The number of amides is 4. The van der Waals surface area contributed by atoms with Crippen molar-refractivity contribution in [2.45, 2.75) is 98.5 Å². The first-order valence-corrected chi connectivity index (χ1v) is 27.4. The summed E-state index contributed by atoms with van der Waals surface area (Å²) in [7, 11) is 1.61. The Morgan fingerprint density at radius 1 is 0.859 bits per heavy atom. The van der Waals surface area contributed by atoms with Gasteiger partial charge in [0.25, 0.3) is 0 Å². The normalized spacial score (nSPS) is 16.0. The fraction of sp³-hybridized carbons (Fsp3) is 0.417. The Morgan fingerprint density at radius 3 is 2.26 bits per heavy atom.